The highest BCUT2D eigenvalue weighted by molar-refractivity contribution is 5.84. The number of para-hydroxylation sites is 1. The summed E-state index contributed by atoms with van der Waals surface area (Å²) in [6.45, 7) is 1.77. The van der Waals surface area contributed by atoms with Gasteiger partial charge in [-0.2, -0.15) is 0 Å². The van der Waals surface area contributed by atoms with Gasteiger partial charge in [0.25, 0.3) is 0 Å². The summed E-state index contributed by atoms with van der Waals surface area (Å²) >= 11 is 0. The minimum Gasteiger partial charge on any atom is -0.508 e. The van der Waals surface area contributed by atoms with Gasteiger partial charge >= 0.3 is 0 Å². The molecule has 6 heteroatoms. The standard InChI is InChI=1S/C25H29N3O3/c29-21-10-7-18(8-11-21)13-14-26-25(31)20-4-3-15-28(17-20)24(30)12-9-19-16-27-23-6-2-1-5-22(19)23/h1-2,5-8,10-11,16,20,27,29H,3-4,9,12-15,17H2,(H,26,31)/t20-/m1/s1. The molecule has 1 atom stereocenters. The van der Waals surface area contributed by atoms with Gasteiger partial charge in [-0.3, -0.25) is 9.59 Å². The Bertz CT molecular complexity index is 1040. The topological polar surface area (TPSA) is 85.4 Å². The molecule has 0 aliphatic carbocycles. The number of amides is 2. The van der Waals surface area contributed by atoms with Crippen molar-refractivity contribution >= 4 is 22.7 Å². The Balaban J connectivity index is 1.24. The highest BCUT2D eigenvalue weighted by Crippen LogP contribution is 2.21. The van der Waals surface area contributed by atoms with E-state index in [1.807, 2.05) is 41.4 Å². The maximum Gasteiger partial charge on any atom is 0.224 e. The Hall–Kier alpha value is -3.28. The monoisotopic (exact) mass is 419 g/mol. The fourth-order valence-electron chi connectivity index (χ4n) is 4.29. The summed E-state index contributed by atoms with van der Waals surface area (Å²) in [4.78, 5) is 30.5. The fourth-order valence-corrected chi connectivity index (χ4v) is 4.29. The SMILES string of the molecule is O=C(NCCc1ccc(O)cc1)[C@@H]1CCCN(C(=O)CCc2c[nH]c3ccccc23)C1. The van der Waals surface area contributed by atoms with Gasteiger partial charge in [0.15, 0.2) is 0 Å². The number of hydrogen-bond donors (Lipinski definition) is 3. The predicted octanol–water partition coefficient (Wildman–Crippen LogP) is 3.40. The molecule has 1 aromatic heterocycles. The number of aromatic nitrogens is 1. The van der Waals surface area contributed by atoms with Gasteiger partial charge in [0.05, 0.1) is 5.92 Å². The number of nitrogens with one attached hydrogen (secondary N) is 2. The van der Waals surface area contributed by atoms with Crippen molar-refractivity contribution in [3.8, 4) is 5.75 Å². The van der Waals surface area contributed by atoms with E-state index in [2.05, 4.69) is 16.4 Å². The van der Waals surface area contributed by atoms with Crippen molar-refractivity contribution in [1.82, 2.24) is 15.2 Å². The van der Waals surface area contributed by atoms with E-state index in [1.54, 1.807) is 12.1 Å². The molecule has 3 aromatic rings. The van der Waals surface area contributed by atoms with E-state index >= 15 is 0 Å². The molecule has 0 spiro atoms. The van der Waals surface area contributed by atoms with E-state index in [4.69, 9.17) is 0 Å². The van der Waals surface area contributed by atoms with Crippen LogP contribution >= 0.6 is 0 Å². The summed E-state index contributed by atoms with van der Waals surface area (Å²) in [5.74, 6) is 0.231. The van der Waals surface area contributed by atoms with Crippen LogP contribution in [0.4, 0.5) is 0 Å². The van der Waals surface area contributed by atoms with Crippen LogP contribution in [0.15, 0.2) is 54.7 Å². The number of fused-ring (bicyclic) bond motifs is 1. The minimum atomic E-state index is -0.148. The Morgan fingerprint density at radius 3 is 2.74 bits per heavy atom. The molecule has 4 rings (SSSR count). The molecule has 1 saturated heterocycles. The second-order valence-electron chi connectivity index (χ2n) is 8.25. The number of carbonyl (C=O) groups excluding carboxylic acids is 2. The first-order chi connectivity index (χ1) is 15.1. The lowest BCUT2D eigenvalue weighted by Crippen LogP contribution is -2.45. The van der Waals surface area contributed by atoms with Crippen molar-refractivity contribution in [2.24, 2.45) is 5.92 Å². The predicted molar refractivity (Wildman–Crippen MR) is 121 cm³/mol. The van der Waals surface area contributed by atoms with Gasteiger partial charge in [-0.1, -0.05) is 30.3 Å². The number of aryl methyl sites for hydroxylation is 1. The molecular weight excluding hydrogens is 390 g/mol. The number of hydrogen-bond acceptors (Lipinski definition) is 3. The summed E-state index contributed by atoms with van der Waals surface area (Å²) < 4.78 is 0. The lowest BCUT2D eigenvalue weighted by Gasteiger charge is -2.32. The number of aromatic amines is 1. The molecule has 3 N–H and O–H groups in total. The van der Waals surface area contributed by atoms with Gasteiger partial charge in [-0.05, 0) is 55.0 Å². The smallest absolute Gasteiger partial charge is 0.224 e. The van der Waals surface area contributed by atoms with Crippen LogP contribution in [0.1, 0.15) is 30.4 Å². The van der Waals surface area contributed by atoms with Crippen LogP contribution in [0, 0.1) is 5.92 Å². The highest BCUT2D eigenvalue weighted by atomic mass is 16.3. The molecule has 0 bridgehead atoms. The number of H-pyrrole nitrogens is 1. The highest BCUT2D eigenvalue weighted by Gasteiger charge is 2.28. The summed E-state index contributed by atoms with van der Waals surface area (Å²) in [7, 11) is 0. The third-order valence-corrected chi connectivity index (χ3v) is 6.08. The molecule has 31 heavy (non-hydrogen) atoms. The van der Waals surface area contributed by atoms with Crippen molar-refractivity contribution < 1.29 is 14.7 Å². The molecule has 1 aliphatic rings. The molecule has 2 aromatic carbocycles. The molecule has 0 radical (unpaired) electrons. The second kappa shape index (κ2) is 9.69. The Morgan fingerprint density at radius 2 is 1.90 bits per heavy atom. The van der Waals surface area contributed by atoms with E-state index < -0.39 is 0 Å². The quantitative estimate of drug-likeness (QED) is 0.549. The van der Waals surface area contributed by atoms with Crippen LogP contribution < -0.4 is 5.32 Å². The van der Waals surface area contributed by atoms with Crippen molar-refractivity contribution in [3.63, 3.8) is 0 Å². The average Bonchev–Trinajstić information content (AvgIpc) is 3.22. The van der Waals surface area contributed by atoms with E-state index in [-0.39, 0.29) is 23.5 Å². The van der Waals surface area contributed by atoms with Crippen molar-refractivity contribution in [1.29, 1.82) is 0 Å². The summed E-state index contributed by atoms with van der Waals surface area (Å²) in [6.07, 6.45) is 5.52. The zero-order valence-corrected chi connectivity index (χ0v) is 17.6. The number of rotatable bonds is 7. The minimum absolute atomic E-state index is 0.0212. The largest absolute Gasteiger partial charge is 0.508 e. The van der Waals surface area contributed by atoms with Crippen molar-refractivity contribution in [2.75, 3.05) is 19.6 Å². The Morgan fingerprint density at radius 1 is 1.10 bits per heavy atom. The molecule has 1 fully saturated rings. The molecule has 2 heterocycles. The number of aromatic hydroxyl groups is 1. The number of carbonyl (C=O) groups is 2. The second-order valence-corrected chi connectivity index (χ2v) is 8.25. The first-order valence-electron chi connectivity index (χ1n) is 11.0. The number of benzene rings is 2. The van der Waals surface area contributed by atoms with Gasteiger partial charge in [0.1, 0.15) is 5.75 Å². The third-order valence-electron chi connectivity index (χ3n) is 6.08. The normalized spacial score (nSPS) is 16.4. The molecular formula is C25H29N3O3. The van der Waals surface area contributed by atoms with Crippen LogP contribution in [0.3, 0.4) is 0 Å². The number of phenolic OH excluding ortho intramolecular Hbond substituents is 1. The molecule has 0 unspecified atom stereocenters. The lowest BCUT2D eigenvalue weighted by atomic mass is 9.96. The van der Waals surface area contributed by atoms with Crippen LogP contribution in [-0.2, 0) is 22.4 Å². The average molecular weight is 420 g/mol. The van der Waals surface area contributed by atoms with Crippen LogP contribution in [-0.4, -0.2) is 46.4 Å². The molecule has 0 saturated carbocycles. The zero-order chi connectivity index (χ0) is 21.6. The molecule has 6 nitrogen and oxygen atoms in total. The molecule has 1 aliphatic heterocycles. The summed E-state index contributed by atoms with van der Waals surface area (Å²) in [5, 5.41) is 13.5. The molecule has 2 amide bonds. The van der Waals surface area contributed by atoms with Crippen molar-refractivity contribution in [2.45, 2.75) is 32.1 Å². The number of nitrogens with zero attached hydrogens (tertiary/aromatic N) is 1. The van der Waals surface area contributed by atoms with E-state index in [0.717, 1.165) is 36.0 Å². The number of likely N-dealkylation sites (tertiary alicyclic amines) is 1. The van der Waals surface area contributed by atoms with E-state index in [9.17, 15) is 14.7 Å². The van der Waals surface area contributed by atoms with Crippen molar-refractivity contribution in [3.05, 3.63) is 65.9 Å². The zero-order valence-electron chi connectivity index (χ0n) is 17.6. The first-order valence-corrected chi connectivity index (χ1v) is 11.0. The van der Waals surface area contributed by atoms with Crippen LogP contribution in [0.25, 0.3) is 10.9 Å². The van der Waals surface area contributed by atoms with Gasteiger partial charge in [-0.15, -0.1) is 0 Å². The van der Waals surface area contributed by atoms with Crippen LogP contribution in [0.2, 0.25) is 0 Å². The fraction of sp³-hybridized carbons (Fsp3) is 0.360. The number of phenols is 1. The van der Waals surface area contributed by atoms with E-state index in [1.165, 1.54) is 5.39 Å². The van der Waals surface area contributed by atoms with E-state index in [0.29, 0.717) is 32.4 Å². The lowest BCUT2D eigenvalue weighted by molar-refractivity contribution is -0.135. The van der Waals surface area contributed by atoms with Gasteiger partial charge in [-0.25, -0.2) is 0 Å². The Labute approximate surface area is 182 Å². The van der Waals surface area contributed by atoms with Gasteiger partial charge in [0, 0.05) is 43.2 Å². The maximum atomic E-state index is 12.8. The molecule has 162 valence electrons. The first kappa shape index (κ1) is 21.0. The van der Waals surface area contributed by atoms with Gasteiger partial charge < -0.3 is 20.3 Å². The Kier molecular flexibility index (Phi) is 6.55. The maximum absolute atomic E-state index is 12.8. The van der Waals surface area contributed by atoms with Gasteiger partial charge in [0.2, 0.25) is 11.8 Å². The summed E-state index contributed by atoms with van der Waals surface area (Å²) in [5.41, 5.74) is 3.31. The number of piperidine rings is 1. The third kappa shape index (κ3) is 5.26. The van der Waals surface area contributed by atoms with Crippen LogP contribution in [0.5, 0.6) is 5.75 Å². The summed E-state index contributed by atoms with van der Waals surface area (Å²) in [6, 6.07) is 15.1.